The van der Waals surface area contributed by atoms with Crippen molar-refractivity contribution in [2.75, 3.05) is 19.6 Å². The average molecular weight is 412 g/mol. The molecule has 0 radical (unpaired) electrons. The van der Waals surface area contributed by atoms with Crippen LogP contribution in [-0.2, 0) is 9.53 Å². The molecular formula is C19H23F3N4O3. The maximum absolute atomic E-state index is 12.6. The summed E-state index contributed by atoms with van der Waals surface area (Å²) in [5, 5.41) is 0. The van der Waals surface area contributed by atoms with E-state index in [1.165, 1.54) is 23.5 Å². The quantitative estimate of drug-likeness (QED) is 0.698. The van der Waals surface area contributed by atoms with Gasteiger partial charge in [0.15, 0.2) is 0 Å². The lowest BCUT2D eigenvalue weighted by Crippen LogP contribution is -2.52. The molecule has 10 heteroatoms. The van der Waals surface area contributed by atoms with Gasteiger partial charge in [-0.2, -0.15) is 13.2 Å². The Morgan fingerprint density at radius 2 is 1.90 bits per heavy atom. The van der Waals surface area contributed by atoms with Crippen LogP contribution in [0.25, 0.3) is 0 Å². The summed E-state index contributed by atoms with van der Waals surface area (Å²) in [5.41, 5.74) is -0.303. The van der Waals surface area contributed by atoms with Crippen molar-refractivity contribution < 1.29 is 27.5 Å². The summed E-state index contributed by atoms with van der Waals surface area (Å²) in [5.74, 6) is 3.77. The lowest BCUT2D eigenvalue weighted by atomic mass is 10.0. The molecule has 7 nitrogen and oxygen atoms in total. The summed E-state index contributed by atoms with van der Waals surface area (Å²) in [6.07, 6.45) is -0.628. The minimum Gasteiger partial charge on any atom is -0.444 e. The number of carbonyl (C=O) groups is 2. The van der Waals surface area contributed by atoms with Gasteiger partial charge in [0, 0.05) is 31.5 Å². The van der Waals surface area contributed by atoms with Crippen LogP contribution < -0.4 is 0 Å². The van der Waals surface area contributed by atoms with E-state index < -0.39 is 29.8 Å². The Bertz CT molecular complexity index is 774. The summed E-state index contributed by atoms with van der Waals surface area (Å²) in [4.78, 5) is 34.1. The van der Waals surface area contributed by atoms with Crippen LogP contribution in [0.5, 0.6) is 0 Å². The van der Waals surface area contributed by atoms with Gasteiger partial charge in [-0.05, 0) is 39.5 Å². The second-order valence-electron chi connectivity index (χ2n) is 7.52. The molecule has 0 aliphatic carbocycles. The third-order valence-corrected chi connectivity index (χ3v) is 4.09. The van der Waals surface area contributed by atoms with Crippen LogP contribution in [0.15, 0.2) is 18.6 Å². The van der Waals surface area contributed by atoms with Gasteiger partial charge >= 0.3 is 18.2 Å². The van der Waals surface area contributed by atoms with Gasteiger partial charge in [0.25, 0.3) is 0 Å². The van der Waals surface area contributed by atoms with E-state index in [4.69, 9.17) is 4.74 Å². The van der Waals surface area contributed by atoms with Crippen molar-refractivity contribution in [2.24, 2.45) is 0 Å². The molecule has 0 spiro atoms. The number of alkyl halides is 3. The molecule has 0 aromatic carbocycles. The highest BCUT2D eigenvalue weighted by atomic mass is 19.4. The molecular weight excluding hydrogens is 389 g/mol. The molecule has 1 aliphatic heterocycles. The number of aromatic nitrogens is 2. The summed E-state index contributed by atoms with van der Waals surface area (Å²) < 4.78 is 43.3. The van der Waals surface area contributed by atoms with Crippen LogP contribution >= 0.6 is 0 Å². The van der Waals surface area contributed by atoms with E-state index in [0.29, 0.717) is 5.69 Å². The molecule has 29 heavy (non-hydrogen) atoms. The molecule has 158 valence electrons. The largest absolute Gasteiger partial charge is 0.471 e. The molecule has 2 rings (SSSR count). The number of carbonyl (C=O) groups excluding carboxylic acids is 2. The SMILES string of the molecule is CC(C)(C)OC(=O)N(CC#Cc1cnccn1)C1CCN(C(=O)C(F)(F)F)CC1. The maximum atomic E-state index is 12.6. The monoisotopic (exact) mass is 412 g/mol. The number of piperidine rings is 1. The highest BCUT2D eigenvalue weighted by Crippen LogP contribution is 2.24. The highest BCUT2D eigenvalue weighted by molar-refractivity contribution is 5.82. The molecule has 0 saturated carbocycles. The van der Waals surface area contributed by atoms with Crippen LogP contribution in [0.3, 0.4) is 0 Å². The third kappa shape index (κ3) is 6.93. The number of ether oxygens (including phenoxy) is 1. The Morgan fingerprint density at radius 1 is 1.24 bits per heavy atom. The minimum atomic E-state index is -4.90. The summed E-state index contributed by atoms with van der Waals surface area (Å²) in [6, 6.07) is -0.390. The van der Waals surface area contributed by atoms with Crippen molar-refractivity contribution in [3.05, 3.63) is 24.3 Å². The van der Waals surface area contributed by atoms with Crippen molar-refractivity contribution in [3.63, 3.8) is 0 Å². The highest BCUT2D eigenvalue weighted by Gasteiger charge is 2.44. The van der Waals surface area contributed by atoms with Crippen LogP contribution in [0.4, 0.5) is 18.0 Å². The van der Waals surface area contributed by atoms with Gasteiger partial charge in [0.2, 0.25) is 0 Å². The molecule has 1 saturated heterocycles. The first-order valence-corrected chi connectivity index (χ1v) is 9.08. The third-order valence-electron chi connectivity index (χ3n) is 4.09. The lowest BCUT2D eigenvalue weighted by molar-refractivity contribution is -0.186. The number of nitrogens with zero attached hydrogens (tertiary/aromatic N) is 4. The number of likely N-dealkylation sites (tertiary alicyclic amines) is 1. The van der Waals surface area contributed by atoms with E-state index >= 15 is 0 Å². The first kappa shape index (κ1) is 22.5. The van der Waals surface area contributed by atoms with Crippen molar-refractivity contribution in [1.29, 1.82) is 0 Å². The van der Waals surface area contributed by atoms with Crippen molar-refractivity contribution in [1.82, 2.24) is 19.8 Å². The zero-order chi connectivity index (χ0) is 21.7. The van der Waals surface area contributed by atoms with Gasteiger partial charge in [-0.15, -0.1) is 0 Å². The molecule has 0 N–H and O–H groups in total. The Hall–Kier alpha value is -2.83. The van der Waals surface area contributed by atoms with Gasteiger partial charge in [0.1, 0.15) is 11.3 Å². The van der Waals surface area contributed by atoms with Gasteiger partial charge in [0.05, 0.1) is 12.7 Å². The first-order chi connectivity index (χ1) is 13.5. The molecule has 1 aliphatic rings. The molecule has 1 aromatic rings. The minimum absolute atomic E-state index is 0.0172. The smallest absolute Gasteiger partial charge is 0.444 e. The Kier molecular flexibility index (Phi) is 7.06. The second kappa shape index (κ2) is 9.11. The van der Waals surface area contributed by atoms with E-state index in [2.05, 4.69) is 21.8 Å². The number of halogens is 3. The Morgan fingerprint density at radius 3 is 2.41 bits per heavy atom. The normalized spacial score (nSPS) is 15.3. The molecule has 0 atom stereocenters. The fraction of sp³-hybridized carbons (Fsp3) is 0.579. The topological polar surface area (TPSA) is 75.6 Å². The first-order valence-electron chi connectivity index (χ1n) is 9.08. The zero-order valence-electron chi connectivity index (χ0n) is 16.5. The fourth-order valence-corrected chi connectivity index (χ4v) is 2.80. The second-order valence-corrected chi connectivity index (χ2v) is 7.52. The van der Waals surface area contributed by atoms with E-state index in [1.807, 2.05) is 0 Å². The molecule has 0 bridgehead atoms. The standard InChI is InChI=1S/C19H23F3N4O3/c1-18(2,3)29-17(28)26(10-4-5-14-13-23-8-9-24-14)15-6-11-25(12-7-15)16(27)19(20,21)22/h8-9,13,15H,6-7,10-12H2,1-3H3. The maximum Gasteiger partial charge on any atom is 0.471 e. The number of hydrogen-bond donors (Lipinski definition) is 0. The van der Waals surface area contributed by atoms with E-state index in [1.54, 1.807) is 20.8 Å². The van der Waals surface area contributed by atoms with E-state index in [0.717, 1.165) is 4.90 Å². The Labute approximate surface area is 167 Å². The van der Waals surface area contributed by atoms with Crippen molar-refractivity contribution in [3.8, 4) is 11.8 Å². The molecule has 2 heterocycles. The number of rotatable bonds is 2. The van der Waals surface area contributed by atoms with Gasteiger partial charge < -0.3 is 9.64 Å². The molecule has 2 amide bonds. The van der Waals surface area contributed by atoms with Crippen LogP contribution in [0.1, 0.15) is 39.3 Å². The van der Waals surface area contributed by atoms with Crippen molar-refractivity contribution in [2.45, 2.75) is 51.4 Å². The van der Waals surface area contributed by atoms with Crippen molar-refractivity contribution >= 4 is 12.0 Å². The molecule has 0 unspecified atom stereocenters. The fourth-order valence-electron chi connectivity index (χ4n) is 2.80. The molecule has 1 fully saturated rings. The predicted octanol–water partition coefficient (Wildman–Crippen LogP) is 2.62. The predicted molar refractivity (Wildman–Crippen MR) is 97.5 cm³/mol. The van der Waals surface area contributed by atoms with Crippen LogP contribution in [-0.4, -0.2) is 69.2 Å². The van der Waals surface area contributed by atoms with Crippen LogP contribution in [0, 0.1) is 11.8 Å². The summed E-state index contributed by atoms with van der Waals surface area (Å²) >= 11 is 0. The van der Waals surface area contributed by atoms with Gasteiger partial charge in [-0.3, -0.25) is 14.7 Å². The number of amides is 2. The average Bonchev–Trinajstić information content (AvgIpc) is 2.63. The number of hydrogen-bond acceptors (Lipinski definition) is 5. The van der Waals surface area contributed by atoms with Crippen LogP contribution in [0.2, 0.25) is 0 Å². The summed E-state index contributed by atoms with van der Waals surface area (Å²) in [6.45, 7) is 4.99. The zero-order valence-corrected chi connectivity index (χ0v) is 16.5. The summed E-state index contributed by atoms with van der Waals surface area (Å²) in [7, 11) is 0. The van der Waals surface area contributed by atoms with Gasteiger partial charge in [-0.25, -0.2) is 9.78 Å². The molecule has 1 aromatic heterocycles. The van der Waals surface area contributed by atoms with Gasteiger partial charge in [-0.1, -0.05) is 5.92 Å². The van der Waals surface area contributed by atoms with E-state index in [-0.39, 0.29) is 32.5 Å². The van der Waals surface area contributed by atoms with E-state index in [9.17, 15) is 22.8 Å². The lowest BCUT2D eigenvalue weighted by Gasteiger charge is -2.38. The Balaban J connectivity index is 2.09.